The molecule has 1 amide bonds. The van der Waals surface area contributed by atoms with Crippen molar-refractivity contribution in [1.82, 2.24) is 19.7 Å². The Morgan fingerprint density at radius 1 is 1.13 bits per heavy atom. The third-order valence-corrected chi connectivity index (χ3v) is 5.99. The predicted octanol–water partition coefficient (Wildman–Crippen LogP) is 3.25. The first-order chi connectivity index (χ1) is 15.1. The summed E-state index contributed by atoms with van der Waals surface area (Å²) in [6.45, 7) is 1.90. The number of rotatable bonds is 9. The minimum absolute atomic E-state index is 0.0653. The standard InChI is InChI=1S/C23H24N4O3S/c1-18(14-21-10-7-13-30-21)25-22(28)17-31(29)16-19-15-24-27(20-8-3-2-4-9-20)23(19)26-11-5-6-12-26/h2-13,15,18H,14,16-17H2,1H3,(H,25,28)/t18-,31-/m1/s1. The molecule has 0 radical (unpaired) electrons. The molecule has 0 aliphatic heterocycles. The number of benzene rings is 1. The number of para-hydroxylation sites is 1. The van der Waals surface area contributed by atoms with Crippen LogP contribution < -0.4 is 5.32 Å². The molecule has 0 unspecified atom stereocenters. The Labute approximate surface area is 183 Å². The summed E-state index contributed by atoms with van der Waals surface area (Å²) in [7, 11) is -1.37. The summed E-state index contributed by atoms with van der Waals surface area (Å²) >= 11 is 0. The highest BCUT2D eigenvalue weighted by atomic mass is 32.2. The van der Waals surface area contributed by atoms with Gasteiger partial charge in [0, 0.05) is 41.2 Å². The van der Waals surface area contributed by atoms with Gasteiger partial charge in [-0.3, -0.25) is 9.00 Å². The van der Waals surface area contributed by atoms with E-state index < -0.39 is 10.8 Å². The lowest BCUT2D eigenvalue weighted by atomic mass is 10.2. The van der Waals surface area contributed by atoms with Gasteiger partial charge in [0.1, 0.15) is 17.3 Å². The third-order valence-electron chi connectivity index (χ3n) is 4.77. The molecule has 7 nitrogen and oxygen atoms in total. The molecule has 160 valence electrons. The number of hydrogen-bond donors (Lipinski definition) is 1. The molecule has 0 bridgehead atoms. The molecule has 3 heterocycles. The fourth-order valence-corrected chi connectivity index (χ4v) is 4.48. The minimum atomic E-state index is -1.37. The van der Waals surface area contributed by atoms with E-state index in [0.717, 1.165) is 22.8 Å². The molecule has 4 aromatic rings. The van der Waals surface area contributed by atoms with E-state index in [9.17, 15) is 9.00 Å². The SMILES string of the molecule is C[C@H](Cc1ccco1)NC(=O)C[S@](=O)Cc1cnn(-c2ccccc2)c1-n1cccc1. The van der Waals surface area contributed by atoms with Crippen LogP contribution in [-0.4, -0.2) is 36.3 Å². The van der Waals surface area contributed by atoms with Gasteiger partial charge in [0.05, 0.1) is 23.9 Å². The lowest BCUT2D eigenvalue weighted by molar-refractivity contribution is -0.119. The van der Waals surface area contributed by atoms with Crippen molar-refractivity contribution >= 4 is 16.7 Å². The predicted molar refractivity (Wildman–Crippen MR) is 120 cm³/mol. The number of nitrogens with one attached hydrogen (secondary N) is 1. The van der Waals surface area contributed by atoms with Crippen molar-refractivity contribution in [2.45, 2.75) is 25.1 Å². The molecular weight excluding hydrogens is 412 g/mol. The molecule has 0 spiro atoms. The van der Waals surface area contributed by atoms with Crippen LogP contribution in [0.3, 0.4) is 0 Å². The molecule has 4 rings (SSSR count). The molecule has 3 aromatic heterocycles. The van der Waals surface area contributed by atoms with Gasteiger partial charge in [-0.2, -0.15) is 5.10 Å². The van der Waals surface area contributed by atoms with Crippen LogP contribution in [0, 0.1) is 0 Å². The first kappa shape index (κ1) is 20.9. The Morgan fingerprint density at radius 3 is 2.61 bits per heavy atom. The largest absolute Gasteiger partial charge is 0.469 e. The molecular formula is C23H24N4O3S. The minimum Gasteiger partial charge on any atom is -0.469 e. The smallest absolute Gasteiger partial charge is 0.232 e. The van der Waals surface area contributed by atoms with Crippen LogP contribution >= 0.6 is 0 Å². The van der Waals surface area contributed by atoms with E-state index in [1.807, 2.05) is 83.2 Å². The molecule has 0 aliphatic carbocycles. The summed E-state index contributed by atoms with van der Waals surface area (Å²) in [4.78, 5) is 12.4. The number of carbonyl (C=O) groups excluding carboxylic acids is 1. The molecule has 1 N–H and O–H groups in total. The van der Waals surface area contributed by atoms with Crippen molar-refractivity contribution in [3.05, 3.63) is 90.8 Å². The Hall–Kier alpha value is -3.39. The first-order valence-corrected chi connectivity index (χ1v) is 11.5. The zero-order valence-electron chi connectivity index (χ0n) is 17.2. The number of aromatic nitrogens is 3. The van der Waals surface area contributed by atoms with Gasteiger partial charge >= 0.3 is 0 Å². The second kappa shape index (κ2) is 9.61. The highest BCUT2D eigenvalue weighted by Crippen LogP contribution is 2.21. The molecule has 0 saturated carbocycles. The van der Waals surface area contributed by atoms with Gasteiger partial charge in [0.2, 0.25) is 5.91 Å². The zero-order chi connectivity index (χ0) is 21.6. The van der Waals surface area contributed by atoms with E-state index in [-0.39, 0.29) is 23.5 Å². The van der Waals surface area contributed by atoms with Gasteiger partial charge in [-0.1, -0.05) is 18.2 Å². The van der Waals surface area contributed by atoms with E-state index in [1.165, 1.54) is 0 Å². The Kier molecular flexibility index (Phi) is 6.47. The molecule has 31 heavy (non-hydrogen) atoms. The number of nitrogens with zero attached hydrogens (tertiary/aromatic N) is 3. The van der Waals surface area contributed by atoms with Crippen molar-refractivity contribution in [3.8, 4) is 11.5 Å². The van der Waals surface area contributed by atoms with Crippen molar-refractivity contribution in [3.63, 3.8) is 0 Å². The van der Waals surface area contributed by atoms with Crippen LogP contribution in [0.15, 0.2) is 83.9 Å². The van der Waals surface area contributed by atoms with Gasteiger partial charge in [-0.05, 0) is 43.3 Å². The Balaban J connectivity index is 1.44. The average Bonchev–Trinajstić information content (AvgIpc) is 3.50. The molecule has 0 aliphatic rings. The second-order valence-electron chi connectivity index (χ2n) is 7.31. The third kappa shape index (κ3) is 5.21. The zero-order valence-corrected chi connectivity index (χ0v) is 18.0. The number of amides is 1. The summed E-state index contributed by atoms with van der Waals surface area (Å²) in [6, 6.07) is 17.2. The van der Waals surface area contributed by atoms with Gasteiger partial charge in [-0.25, -0.2) is 4.68 Å². The number of furan rings is 1. The van der Waals surface area contributed by atoms with E-state index in [1.54, 1.807) is 12.5 Å². The van der Waals surface area contributed by atoms with Crippen LogP contribution in [-0.2, 0) is 27.8 Å². The molecule has 1 aromatic carbocycles. The fourth-order valence-electron chi connectivity index (χ4n) is 3.46. The lowest BCUT2D eigenvalue weighted by Gasteiger charge is -2.13. The molecule has 2 atom stereocenters. The summed E-state index contributed by atoms with van der Waals surface area (Å²) in [6.07, 6.45) is 7.76. The van der Waals surface area contributed by atoms with Crippen molar-refractivity contribution in [1.29, 1.82) is 0 Å². The summed E-state index contributed by atoms with van der Waals surface area (Å²) in [5.74, 6) is 1.55. The van der Waals surface area contributed by atoms with Gasteiger partial charge in [0.15, 0.2) is 0 Å². The monoisotopic (exact) mass is 436 g/mol. The Bertz CT molecular complexity index is 1140. The van der Waals surface area contributed by atoms with Gasteiger partial charge < -0.3 is 14.3 Å². The van der Waals surface area contributed by atoms with Crippen LogP contribution in [0.1, 0.15) is 18.2 Å². The van der Waals surface area contributed by atoms with E-state index in [2.05, 4.69) is 10.4 Å². The maximum atomic E-state index is 12.8. The van der Waals surface area contributed by atoms with Crippen molar-refractivity contribution in [2.24, 2.45) is 0 Å². The van der Waals surface area contributed by atoms with Crippen LogP contribution in [0.2, 0.25) is 0 Å². The topological polar surface area (TPSA) is 82.1 Å². The summed E-state index contributed by atoms with van der Waals surface area (Å²) in [5, 5.41) is 7.41. The summed E-state index contributed by atoms with van der Waals surface area (Å²) in [5.41, 5.74) is 1.72. The van der Waals surface area contributed by atoms with E-state index in [0.29, 0.717) is 6.42 Å². The molecule has 0 fully saturated rings. The fraction of sp³-hybridized carbons (Fsp3) is 0.217. The van der Waals surface area contributed by atoms with Gasteiger partial charge in [0.25, 0.3) is 0 Å². The Morgan fingerprint density at radius 2 is 1.90 bits per heavy atom. The van der Waals surface area contributed by atoms with Crippen molar-refractivity contribution in [2.75, 3.05) is 5.75 Å². The molecule has 8 heteroatoms. The van der Waals surface area contributed by atoms with Crippen molar-refractivity contribution < 1.29 is 13.4 Å². The van der Waals surface area contributed by atoms with Crippen LogP contribution in [0.4, 0.5) is 0 Å². The number of hydrogen-bond acceptors (Lipinski definition) is 4. The quantitative estimate of drug-likeness (QED) is 0.437. The normalized spacial score (nSPS) is 13.1. The maximum absolute atomic E-state index is 12.8. The van der Waals surface area contributed by atoms with E-state index >= 15 is 0 Å². The van der Waals surface area contributed by atoms with Crippen LogP contribution in [0.5, 0.6) is 0 Å². The highest BCUT2D eigenvalue weighted by molar-refractivity contribution is 7.84. The van der Waals surface area contributed by atoms with E-state index in [4.69, 9.17) is 4.42 Å². The maximum Gasteiger partial charge on any atom is 0.232 e. The van der Waals surface area contributed by atoms with Gasteiger partial charge in [-0.15, -0.1) is 0 Å². The van der Waals surface area contributed by atoms with Crippen LogP contribution in [0.25, 0.3) is 11.5 Å². The highest BCUT2D eigenvalue weighted by Gasteiger charge is 2.18. The first-order valence-electron chi connectivity index (χ1n) is 10.0. The lowest BCUT2D eigenvalue weighted by Crippen LogP contribution is -2.37. The summed E-state index contributed by atoms with van der Waals surface area (Å²) < 4.78 is 21.8. The average molecular weight is 437 g/mol. The number of carbonyl (C=O) groups is 1. The molecule has 0 saturated heterocycles. The second-order valence-corrected chi connectivity index (χ2v) is 8.77.